The molecule has 1 amide bonds. The van der Waals surface area contributed by atoms with Gasteiger partial charge in [0.1, 0.15) is 0 Å². The van der Waals surface area contributed by atoms with E-state index in [0.717, 1.165) is 17.1 Å². The molecule has 0 bridgehead atoms. The van der Waals surface area contributed by atoms with Gasteiger partial charge < -0.3 is 14.7 Å². The third kappa shape index (κ3) is 2.56. The molecule has 0 unspecified atom stereocenters. The normalized spacial score (nSPS) is 22.2. The lowest BCUT2D eigenvalue weighted by Gasteiger charge is -2.25. The van der Waals surface area contributed by atoms with Gasteiger partial charge in [0, 0.05) is 38.8 Å². The number of hydrogen-bond donors (Lipinski definition) is 1. The molecule has 7 nitrogen and oxygen atoms in total. The van der Waals surface area contributed by atoms with E-state index >= 15 is 0 Å². The van der Waals surface area contributed by atoms with E-state index in [1.165, 1.54) is 0 Å². The average molecular weight is 289 g/mol. The highest BCUT2D eigenvalue weighted by Crippen LogP contribution is 2.31. The van der Waals surface area contributed by atoms with Crippen LogP contribution in [0.1, 0.15) is 29.6 Å². The van der Waals surface area contributed by atoms with E-state index < -0.39 is 0 Å². The summed E-state index contributed by atoms with van der Waals surface area (Å²) in [5.74, 6) is 0.908. The highest BCUT2D eigenvalue weighted by molar-refractivity contribution is 5.80. The lowest BCUT2D eigenvalue weighted by atomic mass is 10.1. The Kier molecular flexibility index (Phi) is 3.50. The molecule has 2 atom stereocenters. The van der Waals surface area contributed by atoms with Gasteiger partial charge in [-0.3, -0.25) is 9.48 Å². The van der Waals surface area contributed by atoms with Gasteiger partial charge in [-0.15, -0.1) is 0 Å². The molecule has 1 saturated heterocycles. The van der Waals surface area contributed by atoms with Crippen molar-refractivity contribution in [2.45, 2.75) is 32.0 Å². The van der Waals surface area contributed by atoms with Crippen LogP contribution in [-0.4, -0.2) is 38.8 Å². The third-order valence-electron chi connectivity index (χ3n) is 3.96. The predicted molar refractivity (Wildman–Crippen MR) is 75.2 cm³/mol. The van der Waals surface area contributed by atoms with Crippen molar-refractivity contribution in [1.82, 2.24) is 25.2 Å². The first kappa shape index (κ1) is 13.8. The minimum absolute atomic E-state index is 0.0194. The Morgan fingerprint density at radius 3 is 2.90 bits per heavy atom. The lowest BCUT2D eigenvalue weighted by Crippen LogP contribution is -2.35. The van der Waals surface area contributed by atoms with Crippen LogP contribution in [0.2, 0.25) is 0 Å². The molecular formula is C14H19N5O2. The van der Waals surface area contributed by atoms with Crippen LogP contribution in [-0.2, 0) is 18.4 Å². The second-order valence-electron chi connectivity index (χ2n) is 5.46. The number of aromatic nitrogens is 3. The summed E-state index contributed by atoms with van der Waals surface area (Å²) >= 11 is 0. The van der Waals surface area contributed by atoms with E-state index in [0.29, 0.717) is 13.0 Å². The molecule has 112 valence electrons. The molecule has 0 aromatic carbocycles. The van der Waals surface area contributed by atoms with Crippen LogP contribution < -0.4 is 5.32 Å². The minimum atomic E-state index is -0.0194. The van der Waals surface area contributed by atoms with Gasteiger partial charge in [0.2, 0.25) is 5.91 Å². The van der Waals surface area contributed by atoms with Crippen molar-refractivity contribution in [2.75, 3.05) is 7.05 Å². The van der Waals surface area contributed by atoms with E-state index in [2.05, 4.69) is 15.6 Å². The first-order valence-electron chi connectivity index (χ1n) is 6.95. The fourth-order valence-corrected chi connectivity index (χ4v) is 2.86. The SMILES string of the molecule is Cc1cc(CN[C@@H]2CC(=O)N(C)[C@H]2c2ccnn2C)on1. The van der Waals surface area contributed by atoms with Crippen molar-refractivity contribution < 1.29 is 9.32 Å². The summed E-state index contributed by atoms with van der Waals surface area (Å²) in [5.41, 5.74) is 1.88. The van der Waals surface area contributed by atoms with Crippen molar-refractivity contribution in [1.29, 1.82) is 0 Å². The highest BCUT2D eigenvalue weighted by Gasteiger charge is 2.39. The number of nitrogens with one attached hydrogen (secondary N) is 1. The number of carbonyl (C=O) groups is 1. The van der Waals surface area contributed by atoms with Crippen LogP contribution in [0.3, 0.4) is 0 Å². The van der Waals surface area contributed by atoms with Gasteiger partial charge in [-0.05, 0) is 13.0 Å². The Morgan fingerprint density at radius 1 is 1.48 bits per heavy atom. The van der Waals surface area contributed by atoms with E-state index in [1.807, 2.05) is 37.8 Å². The van der Waals surface area contributed by atoms with Crippen molar-refractivity contribution >= 4 is 5.91 Å². The smallest absolute Gasteiger partial charge is 0.224 e. The van der Waals surface area contributed by atoms with Crippen molar-refractivity contribution in [2.24, 2.45) is 7.05 Å². The molecule has 2 aromatic rings. The lowest BCUT2D eigenvalue weighted by molar-refractivity contribution is -0.127. The Balaban J connectivity index is 1.76. The van der Waals surface area contributed by atoms with Gasteiger partial charge in [0.05, 0.1) is 24.0 Å². The van der Waals surface area contributed by atoms with Crippen LogP contribution in [0.25, 0.3) is 0 Å². The Hall–Kier alpha value is -2.15. The molecule has 2 aromatic heterocycles. The summed E-state index contributed by atoms with van der Waals surface area (Å²) in [6, 6.07) is 3.86. The molecule has 7 heteroatoms. The van der Waals surface area contributed by atoms with Crippen LogP contribution in [0, 0.1) is 6.92 Å². The molecule has 0 saturated carbocycles. The summed E-state index contributed by atoms with van der Waals surface area (Å²) in [6.07, 6.45) is 2.22. The van der Waals surface area contributed by atoms with Gasteiger partial charge in [-0.2, -0.15) is 5.10 Å². The Morgan fingerprint density at radius 2 is 2.29 bits per heavy atom. The Labute approximate surface area is 122 Å². The van der Waals surface area contributed by atoms with Gasteiger partial charge in [0.15, 0.2) is 5.76 Å². The number of likely N-dealkylation sites (N-methyl/N-ethyl adjacent to an activating group) is 1. The molecule has 1 N–H and O–H groups in total. The van der Waals surface area contributed by atoms with Gasteiger partial charge in [-0.25, -0.2) is 0 Å². The molecule has 1 aliphatic rings. The number of rotatable bonds is 4. The Bertz CT molecular complexity index is 647. The predicted octanol–water partition coefficient (Wildman–Crippen LogP) is 0.778. The molecule has 0 aliphatic carbocycles. The number of likely N-dealkylation sites (tertiary alicyclic amines) is 1. The number of amides is 1. The maximum absolute atomic E-state index is 12.0. The largest absolute Gasteiger partial charge is 0.360 e. The zero-order valence-corrected chi connectivity index (χ0v) is 12.4. The first-order chi connectivity index (χ1) is 10.1. The summed E-state index contributed by atoms with van der Waals surface area (Å²) < 4.78 is 7.01. The van der Waals surface area contributed by atoms with E-state index in [-0.39, 0.29) is 18.0 Å². The highest BCUT2D eigenvalue weighted by atomic mass is 16.5. The maximum Gasteiger partial charge on any atom is 0.224 e. The maximum atomic E-state index is 12.0. The standard InChI is InChI=1S/C14H19N5O2/c1-9-6-10(21-17-9)8-15-11-7-13(20)18(2)14(11)12-4-5-16-19(12)3/h4-6,11,14-15H,7-8H2,1-3H3/t11-,14-/m1/s1. The minimum Gasteiger partial charge on any atom is -0.360 e. The fourth-order valence-electron chi connectivity index (χ4n) is 2.86. The zero-order chi connectivity index (χ0) is 15.0. The van der Waals surface area contributed by atoms with E-state index in [1.54, 1.807) is 11.1 Å². The second-order valence-corrected chi connectivity index (χ2v) is 5.46. The van der Waals surface area contributed by atoms with Crippen LogP contribution >= 0.6 is 0 Å². The molecule has 0 spiro atoms. The molecule has 3 heterocycles. The molecule has 21 heavy (non-hydrogen) atoms. The fraction of sp³-hybridized carbons (Fsp3) is 0.500. The van der Waals surface area contributed by atoms with Crippen LogP contribution in [0.5, 0.6) is 0 Å². The molecule has 3 rings (SSSR count). The monoisotopic (exact) mass is 289 g/mol. The van der Waals surface area contributed by atoms with Gasteiger partial charge >= 0.3 is 0 Å². The van der Waals surface area contributed by atoms with Crippen LogP contribution in [0.4, 0.5) is 0 Å². The van der Waals surface area contributed by atoms with Crippen molar-refractivity contribution in [3.8, 4) is 0 Å². The summed E-state index contributed by atoms with van der Waals surface area (Å²) in [5, 5.41) is 11.5. The van der Waals surface area contributed by atoms with E-state index in [4.69, 9.17) is 4.52 Å². The second kappa shape index (κ2) is 5.33. The van der Waals surface area contributed by atoms with Crippen LogP contribution in [0.15, 0.2) is 22.9 Å². The molecule has 0 radical (unpaired) electrons. The molecule has 1 aliphatic heterocycles. The third-order valence-corrected chi connectivity index (χ3v) is 3.96. The van der Waals surface area contributed by atoms with Gasteiger partial charge in [-0.1, -0.05) is 5.16 Å². The topological polar surface area (TPSA) is 76.2 Å². The summed E-state index contributed by atoms with van der Waals surface area (Å²) in [4.78, 5) is 13.8. The van der Waals surface area contributed by atoms with Crippen molar-refractivity contribution in [3.63, 3.8) is 0 Å². The number of carbonyl (C=O) groups excluding carboxylic acids is 1. The molecule has 1 fully saturated rings. The zero-order valence-electron chi connectivity index (χ0n) is 12.4. The number of nitrogens with zero attached hydrogens (tertiary/aromatic N) is 4. The van der Waals surface area contributed by atoms with E-state index in [9.17, 15) is 4.79 Å². The first-order valence-corrected chi connectivity index (χ1v) is 6.95. The average Bonchev–Trinajstić information content (AvgIpc) is 3.11. The van der Waals surface area contributed by atoms with Crippen molar-refractivity contribution in [3.05, 3.63) is 35.5 Å². The van der Waals surface area contributed by atoms with Gasteiger partial charge in [0.25, 0.3) is 0 Å². The number of hydrogen-bond acceptors (Lipinski definition) is 5. The number of aryl methyl sites for hydroxylation is 2. The quantitative estimate of drug-likeness (QED) is 0.900. The summed E-state index contributed by atoms with van der Waals surface area (Å²) in [7, 11) is 3.73. The molecular weight excluding hydrogens is 270 g/mol. The summed E-state index contributed by atoms with van der Waals surface area (Å²) in [6.45, 7) is 2.44.